The van der Waals surface area contributed by atoms with Gasteiger partial charge in [0.25, 0.3) is 10.1 Å². The first-order valence-electron chi connectivity index (χ1n) is 9.15. The number of hydrogen-bond donors (Lipinski definition) is 1. The maximum absolute atomic E-state index is 12.1. The Labute approximate surface area is 175 Å². The Bertz CT molecular complexity index is 929. The molecular weight excluding hydrogens is 420 g/mol. The summed E-state index contributed by atoms with van der Waals surface area (Å²) in [6.07, 6.45) is 1.19. The molecule has 3 rings (SSSR count). The van der Waals surface area contributed by atoms with Crippen LogP contribution in [0.3, 0.4) is 0 Å². The third-order valence-corrected chi connectivity index (χ3v) is 6.13. The van der Waals surface area contributed by atoms with Gasteiger partial charge in [-0.3, -0.25) is 4.18 Å². The standard InChI is InChI=1S/C20H23ClO7S/c1-25-20-17-3-2-10-27-19(16(17)8-9-18(20)22)13-26-11-12-28-29(23,24)15-6-4-14(21)5-7-15/h4-9,19,22H,2-3,10-13H2,1H3. The van der Waals surface area contributed by atoms with Gasteiger partial charge in [-0.15, -0.1) is 0 Å². The summed E-state index contributed by atoms with van der Waals surface area (Å²) in [4.78, 5) is 0.0369. The zero-order valence-electron chi connectivity index (χ0n) is 16.0. The zero-order valence-corrected chi connectivity index (χ0v) is 17.5. The minimum atomic E-state index is -3.86. The average molecular weight is 443 g/mol. The molecule has 0 bridgehead atoms. The molecule has 0 aromatic heterocycles. The zero-order chi connectivity index (χ0) is 20.9. The predicted molar refractivity (Wildman–Crippen MR) is 107 cm³/mol. The molecule has 2 aromatic carbocycles. The van der Waals surface area contributed by atoms with E-state index in [1.54, 1.807) is 12.1 Å². The van der Waals surface area contributed by atoms with Gasteiger partial charge in [-0.1, -0.05) is 17.7 Å². The lowest BCUT2D eigenvalue weighted by atomic mass is 9.98. The van der Waals surface area contributed by atoms with Gasteiger partial charge >= 0.3 is 0 Å². The fourth-order valence-corrected chi connectivity index (χ4v) is 4.20. The van der Waals surface area contributed by atoms with Crippen molar-refractivity contribution in [2.45, 2.75) is 23.8 Å². The topological polar surface area (TPSA) is 91.3 Å². The van der Waals surface area contributed by atoms with Gasteiger partial charge < -0.3 is 19.3 Å². The van der Waals surface area contributed by atoms with E-state index in [-0.39, 0.29) is 36.6 Å². The summed E-state index contributed by atoms with van der Waals surface area (Å²) >= 11 is 5.77. The SMILES string of the molecule is COc1c(O)ccc2c1CCCOC2COCCOS(=O)(=O)c1ccc(Cl)cc1. The van der Waals surface area contributed by atoms with E-state index in [0.29, 0.717) is 17.4 Å². The number of rotatable bonds is 8. The highest BCUT2D eigenvalue weighted by Gasteiger charge is 2.24. The summed E-state index contributed by atoms with van der Waals surface area (Å²) in [6.45, 7) is 0.736. The summed E-state index contributed by atoms with van der Waals surface area (Å²) < 4.78 is 46.1. The van der Waals surface area contributed by atoms with Crippen LogP contribution in [0.25, 0.3) is 0 Å². The van der Waals surface area contributed by atoms with Gasteiger partial charge in [-0.2, -0.15) is 8.42 Å². The molecule has 2 aromatic rings. The van der Waals surface area contributed by atoms with E-state index in [1.807, 2.05) is 0 Å². The Kier molecular flexibility index (Phi) is 7.37. The molecule has 7 nitrogen and oxygen atoms in total. The van der Waals surface area contributed by atoms with Gasteiger partial charge in [0, 0.05) is 17.2 Å². The largest absolute Gasteiger partial charge is 0.504 e. The first-order valence-corrected chi connectivity index (χ1v) is 10.9. The van der Waals surface area contributed by atoms with Crippen molar-refractivity contribution in [1.29, 1.82) is 0 Å². The number of aromatic hydroxyl groups is 1. The maximum Gasteiger partial charge on any atom is 0.297 e. The number of methoxy groups -OCH3 is 1. The van der Waals surface area contributed by atoms with Crippen LogP contribution in [0.15, 0.2) is 41.3 Å². The van der Waals surface area contributed by atoms with Crippen molar-refractivity contribution in [3.8, 4) is 11.5 Å². The highest BCUT2D eigenvalue weighted by molar-refractivity contribution is 7.86. The van der Waals surface area contributed by atoms with E-state index in [9.17, 15) is 13.5 Å². The average Bonchev–Trinajstić information content (AvgIpc) is 2.90. The van der Waals surface area contributed by atoms with E-state index in [1.165, 1.54) is 31.4 Å². The van der Waals surface area contributed by atoms with Crippen molar-refractivity contribution >= 4 is 21.7 Å². The van der Waals surface area contributed by atoms with Crippen LogP contribution in [0, 0.1) is 0 Å². The van der Waals surface area contributed by atoms with E-state index in [0.717, 1.165) is 24.0 Å². The van der Waals surface area contributed by atoms with Crippen molar-refractivity contribution in [2.75, 3.05) is 33.5 Å². The molecule has 1 aliphatic rings. The Hall–Kier alpha value is -1.84. The van der Waals surface area contributed by atoms with Gasteiger partial charge in [0.05, 0.1) is 31.8 Å². The van der Waals surface area contributed by atoms with E-state index < -0.39 is 10.1 Å². The van der Waals surface area contributed by atoms with Gasteiger partial charge in [0.2, 0.25) is 0 Å². The lowest BCUT2D eigenvalue weighted by Gasteiger charge is -2.20. The molecule has 0 aliphatic carbocycles. The van der Waals surface area contributed by atoms with Gasteiger partial charge in [0.1, 0.15) is 6.10 Å². The number of phenols is 1. The number of halogens is 1. The lowest BCUT2D eigenvalue weighted by molar-refractivity contribution is -0.0209. The molecule has 9 heteroatoms. The molecule has 1 heterocycles. The van der Waals surface area contributed by atoms with Gasteiger partial charge in [-0.05, 0) is 48.7 Å². The second-order valence-electron chi connectivity index (χ2n) is 6.45. The summed E-state index contributed by atoms with van der Waals surface area (Å²) in [5.74, 6) is 0.545. The van der Waals surface area contributed by atoms with Crippen molar-refractivity contribution in [1.82, 2.24) is 0 Å². The Morgan fingerprint density at radius 2 is 1.93 bits per heavy atom. The van der Waals surface area contributed by atoms with Crippen LogP contribution in [-0.4, -0.2) is 47.1 Å². The van der Waals surface area contributed by atoms with Crippen LogP contribution in [0.1, 0.15) is 23.7 Å². The van der Waals surface area contributed by atoms with Gasteiger partial charge in [-0.25, -0.2) is 0 Å². The summed E-state index contributed by atoms with van der Waals surface area (Å²) in [7, 11) is -2.35. The van der Waals surface area contributed by atoms with Crippen molar-refractivity contribution in [3.63, 3.8) is 0 Å². The number of benzene rings is 2. The monoisotopic (exact) mass is 442 g/mol. The summed E-state index contributed by atoms with van der Waals surface area (Å²) in [6, 6.07) is 9.12. The molecular formula is C20H23ClO7S. The molecule has 0 fully saturated rings. The van der Waals surface area contributed by atoms with Crippen LogP contribution in [0.2, 0.25) is 5.02 Å². The van der Waals surface area contributed by atoms with Crippen LogP contribution < -0.4 is 4.74 Å². The minimum absolute atomic E-state index is 0.0369. The first kappa shape index (κ1) is 21.9. The van der Waals surface area contributed by atoms with Crippen LogP contribution in [0.4, 0.5) is 0 Å². The molecule has 1 N–H and O–H groups in total. The summed E-state index contributed by atoms with van der Waals surface area (Å²) in [5, 5.41) is 10.4. The normalized spacial score (nSPS) is 16.8. The first-order chi connectivity index (χ1) is 13.9. The van der Waals surface area contributed by atoms with Crippen molar-refractivity contribution in [3.05, 3.63) is 52.5 Å². The fourth-order valence-electron chi connectivity index (χ4n) is 3.18. The maximum atomic E-state index is 12.1. The lowest BCUT2D eigenvalue weighted by Crippen LogP contribution is -2.16. The molecule has 1 atom stereocenters. The fraction of sp³-hybridized carbons (Fsp3) is 0.400. The predicted octanol–water partition coefficient (Wildman–Crippen LogP) is 3.48. The van der Waals surface area contributed by atoms with Crippen LogP contribution in [0.5, 0.6) is 11.5 Å². The molecule has 1 unspecified atom stereocenters. The highest BCUT2D eigenvalue weighted by atomic mass is 35.5. The molecule has 0 saturated heterocycles. The third kappa shape index (κ3) is 5.40. The summed E-state index contributed by atoms with van der Waals surface area (Å²) in [5.41, 5.74) is 1.80. The van der Waals surface area contributed by atoms with Gasteiger partial charge in [0.15, 0.2) is 11.5 Å². The Morgan fingerprint density at radius 3 is 2.66 bits per heavy atom. The van der Waals surface area contributed by atoms with Crippen LogP contribution >= 0.6 is 11.6 Å². The molecule has 158 valence electrons. The second kappa shape index (κ2) is 9.77. The molecule has 29 heavy (non-hydrogen) atoms. The van der Waals surface area contributed by atoms with E-state index >= 15 is 0 Å². The minimum Gasteiger partial charge on any atom is -0.504 e. The molecule has 1 aliphatic heterocycles. The smallest absolute Gasteiger partial charge is 0.297 e. The van der Waals surface area contributed by atoms with Crippen molar-refractivity contribution in [2.24, 2.45) is 0 Å². The number of fused-ring (bicyclic) bond motifs is 1. The molecule has 0 spiro atoms. The third-order valence-electron chi connectivity index (χ3n) is 4.55. The highest BCUT2D eigenvalue weighted by Crippen LogP contribution is 2.38. The van der Waals surface area contributed by atoms with E-state index in [2.05, 4.69) is 0 Å². The number of phenolic OH excluding ortho intramolecular Hbond substituents is 1. The molecule has 0 saturated carbocycles. The Morgan fingerprint density at radius 1 is 1.17 bits per heavy atom. The number of ether oxygens (including phenoxy) is 3. The Balaban J connectivity index is 1.55. The van der Waals surface area contributed by atoms with E-state index in [4.69, 9.17) is 30.0 Å². The van der Waals surface area contributed by atoms with Crippen LogP contribution in [-0.2, 0) is 30.2 Å². The number of hydrogen-bond acceptors (Lipinski definition) is 7. The quantitative estimate of drug-likeness (QED) is 0.494. The molecule has 0 radical (unpaired) electrons. The molecule has 0 amide bonds. The second-order valence-corrected chi connectivity index (χ2v) is 8.51. The van der Waals surface area contributed by atoms with Crippen molar-refractivity contribution < 1.29 is 31.9 Å².